The number of nitrogens with zero attached hydrogens (tertiary/aromatic N) is 3. The lowest BCUT2D eigenvalue weighted by Crippen LogP contribution is -2.51. The van der Waals surface area contributed by atoms with Gasteiger partial charge in [-0.05, 0) is 13.0 Å². The highest BCUT2D eigenvalue weighted by atomic mass is 16.3. The molecular weight excluding hydrogens is 320 g/mol. The zero-order valence-corrected chi connectivity index (χ0v) is 13.9. The fourth-order valence-electron chi connectivity index (χ4n) is 3.11. The maximum atomic E-state index is 12.8. The molecule has 3 aromatic rings. The summed E-state index contributed by atoms with van der Waals surface area (Å²) in [5.41, 5.74) is 3.47. The summed E-state index contributed by atoms with van der Waals surface area (Å²) >= 11 is 0. The van der Waals surface area contributed by atoms with Crippen molar-refractivity contribution in [3.05, 3.63) is 53.5 Å². The quantitative estimate of drug-likeness (QED) is 0.793. The summed E-state index contributed by atoms with van der Waals surface area (Å²) in [6.07, 6.45) is 3.65. The summed E-state index contributed by atoms with van der Waals surface area (Å²) in [7, 11) is 0. The number of urea groups is 1. The van der Waals surface area contributed by atoms with E-state index in [0.717, 1.165) is 27.8 Å². The molecule has 7 nitrogen and oxygen atoms in total. The van der Waals surface area contributed by atoms with Crippen LogP contribution in [0.5, 0.6) is 0 Å². The van der Waals surface area contributed by atoms with Crippen LogP contribution in [0, 0.1) is 6.92 Å². The molecule has 2 aromatic heterocycles. The summed E-state index contributed by atoms with van der Waals surface area (Å²) in [6, 6.07) is 7.32. The summed E-state index contributed by atoms with van der Waals surface area (Å²) in [4.78, 5) is 28.1. The highest BCUT2D eigenvalue weighted by molar-refractivity contribution is 5.97. The zero-order valence-electron chi connectivity index (χ0n) is 13.9. The van der Waals surface area contributed by atoms with Gasteiger partial charge in [-0.3, -0.25) is 14.8 Å². The van der Waals surface area contributed by atoms with Crippen LogP contribution in [0.3, 0.4) is 0 Å². The van der Waals surface area contributed by atoms with E-state index in [4.69, 9.17) is 4.42 Å². The summed E-state index contributed by atoms with van der Waals surface area (Å²) in [6.45, 7) is 2.99. The minimum absolute atomic E-state index is 0.157. The smallest absolute Gasteiger partial charge is 0.327 e. The van der Waals surface area contributed by atoms with Gasteiger partial charge in [-0.25, -0.2) is 4.79 Å². The molecule has 0 unspecified atom stereocenters. The van der Waals surface area contributed by atoms with Gasteiger partial charge in [0.2, 0.25) is 5.91 Å². The highest BCUT2D eigenvalue weighted by Gasteiger charge is 2.32. The molecule has 25 heavy (non-hydrogen) atoms. The Morgan fingerprint density at radius 2 is 2.04 bits per heavy atom. The van der Waals surface area contributed by atoms with E-state index < -0.39 is 0 Å². The van der Waals surface area contributed by atoms with Gasteiger partial charge in [-0.1, -0.05) is 18.2 Å². The molecule has 1 aliphatic rings. The molecule has 4 rings (SSSR count). The van der Waals surface area contributed by atoms with Gasteiger partial charge < -0.3 is 9.32 Å². The first-order valence-electron chi connectivity index (χ1n) is 8.16. The molecule has 1 aliphatic heterocycles. The van der Waals surface area contributed by atoms with Crippen LogP contribution >= 0.6 is 0 Å². The first kappa shape index (κ1) is 15.4. The second-order valence-electron chi connectivity index (χ2n) is 6.21. The van der Waals surface area contributed by atoms with Crippen molar-refractivity contribution in [2.75, 3.05) is 6.54 Å². The Bertz CT molecular complexity index is 943. The second kappa shape index (κ2) is 6.08. The molecule has 1 fully saturated rings. The maximum Gasteiger partial charge on any atom is 0.327 e. The molecule has 0 spiro atoms. The number of nitrogens with one attached hydrogen (secondary N) is 1. The Morgan fingerprint density at radius 3 is 2.84 bits per heavy atom. The highest BCUT2D eigenvalue weighted by Crippen LogP contribution is 2.24. The maximum absolute atomic E-state index is 12.8. The molecule has 1 N–H and O–H groups in total. The minimum atomic E-state index is -0.276. The normalized spacial score (nSPS) is 15.4. The van der Waals surface area contributed by atoms with Gasteiger partial charge in [0.05, 0.1) is 25.5 Å². The number of rotatable bonds is 4. The number of aromatic nitrogens is 2. The number of amides is 3. The number of hydrogen-bond donors (Lipinski definition) is 1. The molecule has 0 saturated carbocycles. The molecule has 0 atom stereocenters. The topological polar surface area (TPSA) is 82.4 Å². The average Bonchev–Trinajstić information content (AvgIpc) is 3.21. The number of benzene rings is 1. The van der Waals surface area contributed by atoms with Gasteiger partial charge in [-0.2, -0.15) is 5.10 Å². The van der Waals surface area contributed by atoms with Crippen molar-refractivity contribution in [3.8, 4) is 0 Å². The Hall–Kier alpha value is -3.09. The number of carbonyl (C=O) groups is 2. The fourth-order valence-corrected chi connectivity index (χ4v) is 3.11. The Labute approximate surface area is 144 Å². The van der Waals surface area contributed by atoms with Crippen LogP contribution in [0.1, 0.15) is 23.2 Å². The van der Waals surface area contributed by atoms with Crippen molar-refractivity contribution in [3.63, 3.8) is 0 Å². The molecule has 0 bridgehead atoms. The number of para-hydroxylation sites is 1. The van der Waals surface area contributed by atoms with Crippen LogP contribution in [0.25, 0.3) is 11.0 Å². The monoisotopic (exact) mass is 338 g/mol. The van der Waals surface area contributed by atoms with Gasteiger partial charge in [0, 0.05) is 35.2 Å². The Morgan fingerprint density at radius 1 is 1.20 bits per heavy atom. The third kappa shape index (κ3) is 2.77. The number of fused-ring (bicyclic) bond motifs is 1. The summed E-state index contributed by atoms with van der Waals surface area (Å²) in [5, 5.41) is 7.78. The number of aryl methyl sites for hydroxylation is 1. The number of aromatic amines is 1. The van der Waals surface area contributed by atoms with E-state index in [1.54, 1.807) is 17.4 Å². The SMILES string of the molecule is Cc1[nH]ncc1CN1CCC(=O)N(Cc2coc3ccccc23)C1=O. The predicted octanol–water partition coefficient (Wildman–Crippen LogP) is 2.82. The molecule has 7 heteroatoms. The van der Waals surface area contributed by atoms with Crippen molar-refractivity contribution in [2.24, 2.45) is 0 Å². The van der Waals surface area contributed by atoms with Crippen LogP contribution in [0.15, 0.2) is 41.1 Å². The average molecular weight is 338 g/mol. The molecule has 1 aromatic carbocycles. The van der Waals surface area contributed by atoms with E-state index in [-0.39, 0.29) is 18.5 Å². The molecule has 3 amide bonds. The van der Waals surface area contributed by atoms with E-state index in [9.17, 15) is 9.59 Å². The van der Waals surface area contributed by atoms with Crippen molar-refractivity contribution >= 4 is 22.9 Å². The number of carbonyl (C=O) groups excluding carboxylic acids is 2. The Balaban J connectivity index is 1.56. The number of furan rings is 1. The lowest BCUT2D eigenvalue weighted by atomic mass is 10.1. The molecular formula is C18H18N4O3. The minimum Gasteiger partial charge on any atom is -0.464 e. The van der Waals surface area contributed by atoms with Gasteiger partial charge in [-0.15, -0.1) is 0 Å². The number of imide groups is 1. The van der Waals surface area contributed by atoms with Crippen LogP contribution in [0.4, 0.5) is 4.79 Å². The molecule has 0 aliphatic carbocycles. The first-order chi connectivity index (χ1) is 12.1. The molecule has 0 radical (unpaired) electrons. The van der Waals surface area contributed by atoms with Crippen LogP contribution in [-0.4, -0.2) is 38.5 Å². The van der Waals surface area contributed by atoms with E-state index in [1.807, 2.05) is 31.2 Å². The molecule has 3 heterocycles. The summed E-state index contributed by atoms with van der Waals surface area (Å²) < 4.78 is 5.51. The van der Waals surface area contributed by atoms with Crippen molar-refractivity contribution in [1.82, 2.24) is 20.0 Å². The lowest BCUT2D eigenvalue weighted by molar-refractivity contribution is -0.131. The first-order valence-corrected chi connectivity index (χ1v) is 8.16. The van der Waals surface area contributed by atoms with E-state index >= 15 is 0 Å². The fraction of sp³-hybridized carbons (Fsp3) is 0.278. The van der Waals surface area contributed by atoms with Gasteiger partial charge in [0.1, 0.15) is 5.58 Å². The van der Waals surface area contributed by atoms with Crippen molar-refractivity contribution in [2.45, 2.75) is 26.4 Å². The van der Waals surface area contributed by atoms with E-state index in [0.29, 0.717) is 19.5 Å². The van der Waals surface area contributed by atoms with Crippen molar-refractivity contribution in [1.29, 1.82) is 0 Å². The van der Waals surface area contributed by atoms with E-state index in [1.165, 1.54) is 4.90 Å². The zero-order chi connectivity index (χ0) is 17.4. The Kier molecular flexibility index (Phi) is 3.76. The predicted molar refractivity (Wildman–Crippen MR) is 90.5 cm³/mol. The molecule has 128 valence electrons. The lowest BCUT2D eigenvalue weighted by Gasteiger charge is -2.34. The van der Waals surface area contributed by atoms with E-state index in [2.05, 4.69) is 10.2 Å². The number of H-pyrrole nitrogens is 1. The standard InChI is InChI=1S/C18H18N4O3/c1-12-13(8-19-20-12)9-21-7-6-17(23)22(18(21)24)10-14-11-25-16-5-3-2-4-15(14)16/h2-5,8,11H,6-7,9-10H2,1H3,(H,19,20). The largest absolute Gasteiger partial charge is 0.464 e. The van der Waals surface area contributed by atoms with Gasteiger partial charge in [0.25, 0.3) is 0 Å². The van der Waals surface area contributed by atoms with Gasteiger partial charge in [0.15, 0.2) is 0 Å². The van der Waals surface area contributed by atoms with Crippen LogP contribution in [0.2, 0.25) is 0 Å². The van der Waals surface area contributed by atoms with Crippen LogP contribution < -0.4 is 0 Å². The van der Waals surface area contributed by atoms with Crippen LogP contribution in [-0.2, 0) is 17.9 Å². The van der Waals surface area contributed by atoms with Crippen molar-refractivity contribution < 1.29 is 14.0 Å². The van der Waals surface area contributed by atoms with Gasteiger partial charge >= 0.3 is 6.03 Å². The summed E-state index contributed by atoms with van der Waals surface area (Å²) in [5.74, 6) is -0.157. The second-order valence-corrected chi connectivity index (χ2v) is 6.21. The molecule has 1 saturated heterocycles. The third-order valence-electron chi connectivity index (χ3n) is 4.58. The third-order valence-corrected chi connectivity index (χ3v) is 4.58. The number of hydrogen-bond acceptors (Lipinski definition) is 4.